The molecule has 32 heavy (non-hydrogen) atoms. The Kier molecular flexibility index (Phi) is 10.1. The summed E-state index contributed by atoms with van der Waals surface area (Å²) in [6.07, 6.45) is 12.5. The Bertz CT molecular complexity index is 991. The Morgan fingerprint density at radius 1 is 0.844 bits per heavy atom. The van der Waals surface area contributed by atoms with Gasteiger partial charge in [-0.05, 0) is 30.5 Å². The maximum Gasteiger partial charge on any atom is 0.209 e. The van der Waals surface area contributed by atoms with E-state index in [-0.39, 0.29) is 0 Å². The van der Waals surface area contributed by atoms with Crippen LogP contribution >= 0.6 is 15.9 Å². The highest BCUT2D eigenvalue weighted by Crippen LogP contribution is 2.12. The molecule has 2 nitrogen and oxygen atoms in total. The van der Waals surface area contributed by atoms with Crippen molar-refractivity contribution in [3.8, 4) is 0 Å². The molecule has 0 aliphatic carbocycles. The zero-order valence-electron chi connectivity index (χ0n) is 18.6. The molecule has 0 radical (unpaired) electrons. The van der Waals surface area contributed by atoms with E-state index >= 15 is 0 Å². The first-order chi connectivity index (χ1) is 15.8. The molecule has 1 aromatic heterocycles. The molecule has 0 amide bonds. The number of benzene rings is 3. The second-order valence-corrected chi connectivity index (χ2v) is 8.59. The number of H-pyrrole nitrogens is 1. The molecule has 0 fully saturated rings. The molecule has 0 spiro atoms. The molecule has 0 aliphatic heterocycles. The first kappa shape index (κ1) is 23.8. The van der Waals surface area contributed by atoms with Gasteiger partial charge < -0.3 is 4.98 Å². The van der Waals surface area contributed by atoms with Gasteiger partial charge in [-0.2, -0.15) is 0 Å². The zero-order valence-corrected chi connectivity index (χ0v) is 20.2. The molecule has 0 saturated carbocycles. The molecule has 1 heterocycles. The smallest absolute Gasteiger partial charge is 0.209 e. The third-order valence-electron chi connectivity index (χ3n) is 5.27. The van der Waals surface area contributed by atoms with Crippen molar-refractivity contribution in [3.63, 3.8) is 0 Å². The van der Waals surface area contributed by atoms with Gasteiger partial charge in [0.05, 0.1) is 0 Å². The Hall–Kier alpha value is -2.85. The average molecular weight is 485 g/mol. The highest BCUT2D eigenvalue weighted by molar-refractivity contribution is 9.10. The molecule has 0 aliphatic rings. The summed E-state index contributed by atoms with van der Waals surface area (Å²) in [7, 11) is 0. The first-order valence-electron chi connectivity index (χ1n) is 11.2. The van der Waals surface area contributed by atoms with Crippen LogP contribution < -0.4 is 10.9 Å². The molecule has 0 unspecified atom stereocenters. The van der Waals surface area contributed by atoms with Crippen LogP contribution in [0, 0.1) is 0 Å². The quantitative estimate of drug-likeness (QED) is 0.227. The van der Waals surface area contributed by atoms with Crippen LogP contribution in [0.1, 0.15) is 31.2 Å². The second-order valence-electron chi connectivity index (χ2n) is 7.67. The number of imidazole rings is 1. The number of hydrogen-bond acceptors (Lipinski definition) is 1. The van der Waals surface area contributed by atoms with Gasteiger partial charge in [0.25, 0.3) is 0 Å². The fraction of sp³-hybridized carbons (Fsp3) is 0.179. The van der Waals surface area contributed by atoms with Crippen LogP contribution in [-0.2, 0) is 6.42 Å². The zero-order chi connectivity index (χ0) is 22.4. The van der Waals surface area contributed by atoms with Gasteiger partial charge in [-0.25, -0.2) is 4.98 Å². The standard InChI is InChI=1S/C18H21B.C10H9BrN2/c1-2-3-4-11-16-19(17-12-7-5-8-13-17)18-14-9-6-10-15-18;11-9-3-1-8(2-4-9)7-10-12-5-6-13-10/h3-10,12-15H,2,11,16H2,1H3;1-6H,7H2,(H,12,13). The van der Waals surface area contributed by atoms with Crippen molar-refractivity contribution in [2.75, 3.05) is 0 Å². The minimum atomic E-state index is 0.504. The summed E-state index contributed by atoms with van der Waals surface area (Å²) in [6.45, 7) is 2.69. The molecule has 0 atom stereocenters. The van der Waals surface area contributed by atoms with E-state index in [4.69, 9.17) is 0 Å². The number of hydrogen-bond donors (Lipinski definition) is 1. The Labute approximate surface area is 201 Å². The Morgan fingerprint density at radius 2 is 1.47 bits per heavy atom. The summed E-state index contributed by atoms with van der Waals surface area (Å²) in [5, 5.41) is 0. The topological polar surface area (TPSA) is 28.7 Å². The van der Waals surface area contributed by atoms with Gasteiger partial charge in [-0.1, -0.05) is 125 Å². The van der Waals surface area contributed by atoms with Gasteiger partial charge >= 0.3 is 0 Å². The van der Waals surface area contributed by atoms with E-state index in [1.54, 1.807) is 6.20 Å². The van der Waals surface area contributed by atoms with E-state index in [9.17, 15) is 0 Å². The lowest BCUT2D eigenvalue weighted by molar-refractivity contribution is 1.03. The lowest BCUT2D eigenvalue weighted by Crippen LogP contribution is -2.41. The molecular formula is C28H30BBrN2. The van der Waals surface area contributed by atoms with Gasteiger partial charge in [-0.3, -0.25) is 0 Å². The van der Waals surface area contributed by atoms with Gasteiger partial charge in [-0.15, -0.1) is 0 Å². The van der Waals surface area contributed by atoms with Crippen LogP contribution in [0.5, 0.6) is 0 Å². The lowest BCUT2D eigenvalue weighted by atomic mass is 9.38. The largest absolute Gasteiger partial charge is 0.348 e. The summed E-state index contributed by atoms with van der Waals surface area (Å²) in [4.78, 5) is 7.24. The lowest BCUT2D eigenvalue weighted by Gasteiger charge is -2.13. The second kappa shape index (κ2) is 13.5. The van der Waals surface area contributed by atoms with Gasteiger partial charge in [0.2, 0.25) is 6.71 Å². The van der Waals surface area contributed by atoms with Crippen molar-refractivity contribution in [1.82, 2.24) is 9.97 Å². The van der Waals surface area contributed by atoms with Gasteiger partial charge in [0, 0.05) is 23.3 Å². The van der Waals surface area contributed by atoms with E-state index in [1.807, 2.05) is 18.3 Å². The Morgan fingerprint density at radius 3 is 2.00 bits per heavy atom. The van der Waals surface area contributed by atoms with E-state index in [1.165, 1.54) is 22.8 Å². The third kappa shape index (κ3) is 8.01. The van der Waals surface area contributed by atoms with Crippen molar-refractivity contribution in [1.29, 1.82) is 0 Å². The molecule has 162 valence electrons. The van der Waals surface area contributed by atoms with Crippen molar-refractivity contribution in [2.45, 2.75) is 32.5 Å². The normalized spacial score (nSPS) is 10.6. The highest BCUT2D eigenvalue weighted by atomic mass is 79.9. The molecule has 0 bridgehead atoms. The van der Waals surface area contributed by atoms with Crippen molar-refractivity contribution in [2.24, 2.45) is 0 Å². The van der Waals surface area contributed by atoms with Crippen LogP contribution in [-0.4, -0.2) is 16.7 Å². The van der Waals surface area contributed by atoms with Crippen molar-refractivity contribution < 1.29 is 0 Å². The first-order valence-corrected chi connectivity index (χ1v) is 12.0. The molecule has 4 heteroatoms. The van der Waals surface area contributed by atoms with Crippen LogP contribution in [0.2, 0.25) is 6.32 Å². The number of halogens is 1. The minimum absolute atomic E-state index is 0.504. The summed E-state index contributed by atoms with van der Waals surface area (Å²) < 4.78 is 1.11. The maximum absolute atomic E-state index is 4.17. The van der Waals surface area contributed by atoms with E-state index < -0.39 is 0 Å². The maximum atomic E-state index is 4.17. The number of aromatic nitrogens is 2. The SMILES string of the molecule is Brc1ccc(Cc2ncc[nH]2)cc1.CCC=CCCB(c1ccccc1)c1ccccc1. The summed E-state index contributed by atoms with van der Waals surface area (Å²) in [5.74, 6) is 1.00. The molecular weight excluding hydrogens is 455 g/mol. The summed E-state index contributed by atoms with van der Waals surface area (Å²) >= 11 is 3.40. The number of nitrogens with one attached hydrogen (secondary N) is 1. The van der Waals surface area contributed by atoms with Crippen molar-refractivity contribution in [3.05, 3.63) is 125 Å². The molecule has 0 saturated heterocycles. The Balaban J connectivity index is 0.000000193. The number of allylic oxidation sites excluding steroid dienone is 2. The molecule has 3 aromatic carbocycles. The fourth-order valence-electron chi connectivity index (χ4n) is 3.63. The summed E-state index contributed by atoms with van der Waals surface area (Å²) in [6, 6.07) is 29.9. The number of aromatic amines is 1. The minimum Gasteiger partial charge on any atom is -0.348 e. The van der Waals surface area contributed by atoms with E-state index in [0.717, 1.165) is 29.6 Å². The number of rotatable bonds is 8. The monoisotopic (exact) mass is 484 g/mol. The molecule has 4 aromatic rings. The van der Waals surface area contributed by atoms with Crippen molar-refractivity contribution >= 4 is 33.6 Å². The number of nitrogens with zero attached hydrogens (tertiary/aromatic N) is 1. The van der Waals surface area contributed by atoms with Crippen LogP contribution in [0.3, 0.4) is 0 Å². The fourth-order valence-corrected chi connectivity index (χ4v) is 3.90. The third-order valence-corrected chi connectivity index (χ3v) is 5.80. The van der Waals surface area contributed by atoms with Gasteiger partial charge in [0.15, 0.2) is 0 Å². The summed E-state index contributed by atoms with van der Waals surface area (Å²) in [5.41, 5.74) is 4.09. The predicted molar refractivity (Wildman–Crippen MR) is 142 cm³/mol. The van der Waals surface area contributed by atoms with Crippen LogP contribution in [0.15, 0.2) is 114 Å². The predicted octanol–water partition coefficient (Wildman–Crippen LogP) is 6.41. The molecule has 1 N–H and O–H groups in total. The highest BCUT2D eigenvalue weighted by Gasteiger charge is 2.17. The average Bonchev–Trinajstić information content (AvgIpc) is 3.35. The molecule has 4 rings (SSSR count). The van der Waals surface area contributed by atoms with E-state index in [2.05, 4.69) is 118 Å². The van der Waals surface area contributed by atoms with E-state index in [0.29, 0.717) is 6.71 Å². The van der Waals surface area contributed by atoms with Gasteiger partial charge in [0.1, 0.15) is 5.82 Å². The van der Waals surface area contributed by atoms with Crippen LogP contribution in [0.4, 0.5) is 0 Å². The van der Waals surface area contributed by atoms with Crippen LogP contribution in [0.25, 0.3) is 0 Å².